The van der Waals surface area contributed by atoms with Gasteiger partial charge in [-0.2, -0.15) is 0 Å². The number of aliphatic hydroxyl groups is 7. The number of aliphatic hydroxyl groups excluding tert-OH is 7. The van der Waals surface area contributed by atoms with E-state index in [1.165, 1.54) is 6.92 Å². The summed E-state index contributed by atoms with van der Waals surface area (Å²) >= 11 is 0. The molecule has 10 nitrogen and oxygen atoms in total. The van der Waals surface area contributed by atoms with Gasteiger partial charge < -0.3 is 45.6 Å². The fraction of sp³-hybridized carbons (Fsp3) is 0.923. The van der Waals surface area contributed by atoms with Crippen molar-refractivity contribution in [2.45, 2.75) is 13.0 Å². The molecule has 0 radical (unpaired) electrons. The Morgan fingerprint density at radius 1 is 0.826 bits per heavy atom. The zero-order chi connectivity index (χ0) is 18.5. The van der Waals surface area contributed by atoms with E-state index < -0.39 is 62.5 Å². The molecule has 10 heteroatoms. The van der Waals surface area contributed by atoms with Crippen LogP contribution in [0.5, 0.6) is 0 Å². The van der Waals surface area contributed by atoms with E-state index in [1.54, 1.807) is 0 Å². The zero-order valence-electron chi connectivity index (χ0n) is 13.1. The first kappa shape index (κ1) is 24.4. The number of ether oxygens (including phenoxy) is 1. The summed E-state index contributed by atoms with van der Waals surface area (Å²) in [6, 6.07) is 0. The lowest BCUT2D eigenvalue weighted by atomic mass is 9.91. The molecule has 140 valence electrons. The molecular weight excluding hydrogens is 316 g/mol. The minimum absolute atomic E-state index is 0.141. The van der Waals surface area contributed by atoms with Gasteiger partial charge in [0.15, 0.2) is 0 Å². The molecule has 0 heterocycles. The highest BCUT2D eigenvalue weighted by Crippen LogP contribution is 2.19. The Morgan fingerprint density at radius 2 is 1.04 bits per heavy atom. The van der Waals surface area contributed by atoms with Crippen LogP contribution in [0.15, 0.2) is 0 Å². The van der Waals surface area contributed by atoms with E-state index in [2.05, 4.69) is 0 Å². The van der Waals surface area contributed by atoms with Crippen LogP contribution in [-0.2, 0) is 9.53 Å². The first-order valence-electron chi connectivity index (χ1n) is 6.86. The van der Waals surface area contributed by atoms with Crippen LogP contribution >= 0.6 is 0 Å². The molecule has 0 aromatic rings. The molecule has 0 aliphatic rings. The van der Waals surface area contributed by atoms with Gasteiger partial charge in [-0.3, -0.25) is 0 Å². The van der Waals surface area contributed by atoms with Crippen LogP contribution in [0.3, 0.4) is 0 Å². The highest BCUT2D eigenvalue weighted by molar-refractivity contribution is 5.71. The molecule has 0 saturated carbocycles. The molecular formula is C13H28O10. The van der Waals surface area contributed by atoms with Crippen molar-refractivity contribution >= 4 is 5.97 Å². The van der Waals surface area contributed by atoms with E-state index in [-0.39, 0.29) is 13.2 Å². The van der Waals surface area contributed by atoms with Crippen molar-refractivity contribution in [3.05, 3.63) is 0 Å². The summed E-state index contributed by atoms with van der Waals surface area (Å²) in [5, 5.41) is 69.9. The molecule has 0 rings (SSSR count). The summed E-state index contributed by atoms with van der Waals surface area (Å²) in [6.07, 6.45) is -1.23. The first-order chi connectivity index (χ1) is 10.7. The fourth-order valence-electron chi connectivity index (χ4n) is 1.06. The lowest BCUT2D eigenvalue weighted by Gasteiger charge is -2.31. The second-order valence-electron chi connectivity index (χ2n) is 5.46. The van der Waals surface area contributed by atoms with E-state index in [1.807, 2.05) is 0 Å². The Kier molecular flexibility index (Phi) is 13.3. The Bertz CT molecular complexity index is 263. The van der Waals surface area contributed by atoms with Gasteiger partial charge in [-0.05, 0) is 6.92 Å². The maximum atomic E-state index is 9.45. The van der Waals surface area contributed by atoms with Crippen molar-refractivity contribution in [2.75, 3.05) is 52.9 Å². The fourth-order valence-corrected chi connectivity index (χ4v) is 1.06. The minimum atomic E-state index is -1.23. The second-order valence-corrected chi connectivity index (χ2v) is 5.46. The molecule has 0 fully saturated rings. The molecule has 0 bridgehead atoms. The number of rotatable bonds is 11. The van der Waals surface area contributed by atoms with Crippen LogP contribution < -0.4 is 0 Å². The second kappa shape index (κ2) is 12.6. The van der Waals surface area contributed by atoms with Gasteiger partial charge in [-0.15, -0.1) is 0 Å². The number of carbonyl (C=O) groups is 1. The van der Waals surface area contributed by atoms with Gasteiger partial charge in [0.1, 0.15) is 6.10 Å². The largest absolute Gasteiger partial charge is 0.479 e. The SMILES string of the molecule is CC(O)C(=O)O.OCC(CO)(CO)COCC(CO)(CO)CO. The normalized spacial score (nSPS) is 13.2. The molecule has 1 atom stereocenters. The maximum Gasteiger partial charge on any atom is 0.332 e. The quantitative estimate of drug-likeness (QED) is 0.186. The van der Waals surface area contributed by atoms with Crippen LogP contribution in [-0.4, -0.2) is 106 Å². The van der Waals surface area contributed by atoms with E-state index in [0.717, 1.165) is 0 Å². The van der Waals surface area contributed by atoms with Crippen molar-refractivity contribution in [3.63, 3.8) is 0 Å². The highest BCUT2D eigenvalue weighted by atomic mass is 16.5. The predicted molar refractivity (Wildman–Crippen MR) is 77.5 cm³/mol. The molecule has 23 heavy (non-hydrogen) atoms. The molecule has 0 aliphatic carbocycles. The zero-order valence-corrected chi connectivity index (χ0v) is 13.1. The third-order valence-electron chi connectivity index (χ3n) is 3.19. The molecule has 0 saturated heterocycles. The number of hydrogen-bond donors (Lipinski definition) is 8. The first-order valence-corrected chi connectivity index (χ1v) is 6.86. The van der Waals surface area contributed by atoms with Crippen LogP contribution in [0.2, 0.25) is 0 Å². The molecule has 0 amide bonds. The monoisotopic (exact) mass is 344 g/mol. The average molecular weight is 344 g/mol. The summed E-state index contributed by atoms with van der Waals surface area (Å²) in [4.78, 5) is 9.45. The summed E-state index contributed by atoms with van der Waals surface area (Å²) in [6.45, 7) is -1.81. The third-order valence-corrected chi connectivity index (χ3v) is 3.19. The summed E-state index contributed by atoms with van der Waals surface area (Å²) < 4.78 is 5.15. The summed E-state index contributed by atoms with van der Waals surface area (Å²) in [5.41, 5.74) is -2.32. The number of aliphatic carboxylic acids is 1. The Labute approximate surface area is 134 Å². The Hall–Kier alpha value is -0.850. The third kappa shape index (κ3) is 9.13. The van der Waals surface area contributed by atoms with Crippen LogP contribution in [0.25, 0.3) is 0 Å². The molecule has 0 aromatic carbocycles. The van der Waals surface area contributed by atoms with E-state index in [9.17, 15) is 4.79 Å². The molecule has 8 N–H and O–H groups in total. The van der Waals surface area contributed by atoms with Crippen molar-refractivity contribution in [1.29, 1.82) is 0 Å². The maximum absolute atomic E-state index is 9.45. The van der Waals surface area contributed by atoms with Crippen molar-refractivity contribution in [2.24, 2.45) is 10.8 Å². The highest BCUT2D eigenvalue weighted by Gasteiger charge is 2.32. The Balaban J connectivity index is 0. The average Bonchev–Trinajstić information content (AvgIpc) is 2.57. The van der Waals surface area contributed by atoms with Crippen LogP contribution in [0.4, 0.5) is 0 Å². The number of carboxylic acid groups (broad SMARTS) is 1. The van der Waals surface area contributed by atoms with Gasteiger partial charge in [0.25, 0.3) is 0 Å². The van der Waals surface area contributed by atoms with Gasteiger partial charge in [-0.1, -0.05) is 0 Å². The van der Waals surface area contributed by atoms with E-state index >= 15 is 0 Å². The summed E-state index contributed by atoms with van der Waals surface area (Å²) in [5.74, 6) is -1.19. The van der Waals surface area contributed by atoms with Crippen molar-refractivity contribution < 1.29 is 50.4 Å². The Morgan fingerprint density at radius 3 is 1.17 bits per heavy atom. The van der Waals surface area contributed by atoms with E-state index in [4.69, 9.17) is 45.6 Å². The topological polar surface area (TPSA) is 188 Å². The predicted octanol–water partition coefficient (Wildman–Crippen LogP) is -3.62. The lowest BCUT2D eigenvalue weighted by Crippen LogP contribution is -2.43. The number of carboxylic acids is 1. The van der Waals surface area contributed by atoms with Crippen LogP contribution in [0.1, 0.15) is 6.92 Å². The summed E-state index contributed by atoms with van der Waals surface area (Å²) in [7, 11) is 0. The van der Waals surface area contributed by atoms with Gasteiger partial charge in [0.05, 0.1) is 63.7 Å². The molecule has 1 unspecified atom stereocenters. The van der Waals surface area contributed by atoms with E-state index in [0.29, 0.717) is 0 Å². The molecule has 0 aliphatic heterocycles. The minimum Gasteiger partial charge on any atom is -0.479 e. The van der Waals surface area contributed by atoms with Crippen molar-refractivity contribution in [1.82, 2.24) is 0 Å². The smallest absolute Gasteiger partial charge is 0.332 e. The molecule has 0 aromatic heterocycles. The van der Waals surface area contributed by atoms with Crippen LogP contribution in [0, 0.1) is 10.8 Å². The van der Waals surface area contributed by atoms with Gasteiger partial charge in [0.2, 0.25) is 0 Å². The van der Waals surface area contributed by atoms with Gasteiger partial charge in [-0.25, -0.2) is 4.79 Å². The lowest BCUT2D eigenvalue weighted by molar-refractivity contribution is -0.145. The molecule has 0 spiro atoms. The number of hydrogen-bond acceptors (Lipinski definition) is 9. The van der Waals surface area contributed by atoms with Crippen molar-refractivity contribution in [3.8, 4) is 0 Å². The van der Waals surface area contributed by atoms with Gasteiger partial charge in [0, 0.05) is 0 Å². The van der Waals surface area contributed by atoms with Gasteiger partial charge >= 0.3 is 5.97 Å². The standard InChI is InChI=1S/C10H22O7.C3H6O3/c11-1-9(2-12,3-13)7-17-8-10(4-14,5-15)6-16;1-2(4)3(5)6/h11-16H,1-8H2;2,4H,1H3,(H,5,6).